The summed E-state index contributed by atoms with van der Waals surface area (Å²) in [7, 11) is 3.46. The van der Waals surface area contributed by atoms with Crippen LogP contribution >= 0.6 is 0 Å². The highest BCUT2D eigenvalue weighted by Crippen LogP contribution is 2.02. The van der Waals surface area contributed by atoms with Gasteiger partial charge in [-0.1, -0.05) is 13.8 Å². The van der Waals surface area contributed by atoms with E-state index in [9.17, 15) is 0 Å². The van der Waals surface area contributed by atoms with Crippen LogP contribution in [0.1, 0.15) is 26.7 Å². The summed E-state index contributed by atoms with van der Waals surface area (Å²) in [4.78, 5) is 9.98. The summed E-state index contributed by atoms with van der Waals surface area (Å²) in [6.45, 7) is 4.11. The van der Waals surface area contributed by atoms with Gasteiger partial charge in [0.1, 0.15) is 0 Å². The molecule has 5 heteroatoms. The lowest BCUT2D eigenvalue weighted by molar-refractivity contribution is -0.472. The van der Waals surface area contributed by atoms with Crippen molar-refractivity contribution in [3.8, 4) is 0 Å². The molecule has 0 unspecified atom stereocenters. The van der Waals surface area contributed by atoms with Crippen LogP contribution in [0.5, 0.6) is 0 Å². The van der Waals surface area contributed by atoms with Crippen LogP contribution < -0.4 is 10.9 Å². The van der Waals surface area contributed by atoms with Gasteiger partial charge in [0.25, 0.3) is 0 Å². The number of rotatable bonds is 7. The fraction of sp³-hybridized carbons (Fsp3) is 1.00. The van der Waals surface area contributed by atoms with Gasteiger partial charge in [-0.15, -0.1) is 4.99 Å². The molecule has 5 nitrogen and oxygen atoms in total. The Morgan fingerprint density at radius 1 is 1.17 bits per heavy atom. The van der Waals surface area contributed by atoms with E-state index in [4.69, 9.17) is 9.88 Å². The third kappa shape index (κ3) is 4.63. The average molecular weight is 177 g/mol. The molecule has 0 saturated carbocycles. The molecule has 0 atom stereocenters. The Balaban J connectivity index is 3.49. The van der Waals surface area contributed by atoms with Crippen molar-refractivity contribution in [3.63, 3.8) is 0 Å². The summed E-state index contributed by atoms with van der Waals surface area (Å²) in [5, 5.41) is 1.29. The molecule has 0 spiro atoms. The lowest BCUT2D eigenvalue weighted by Gasteiger charge is -2.19. The molecule has 0 heterocycles. The smallest absolute Gasteiger partial charge is 0.0946 e. The van der Waals surface area contributed by atoms with Gasteiger partial charge in [-0.05, 0) is 18.1 Å². The number of hydrazine groups is 2. The summed E-state index contributed by atoms with van der Waals surface area (Å²) >= 11 is 0. The lowest BCUT2D eigenvalue weighted by atomic mass is 10.2. The first-order valence-corrected chi connectivity index (χ1v) is 4.26. The Kier molecular flexibility index (Phi) is 7.33. The third-order valence-electron chi connectivity index (χ3n) is 1.57. The van der Waals surface area contributed by atoms with E-state index in [0.29, 0.717) is 0 Å². The van der Waals surface area contributed by atoms with Crippen molar-refractivity contribution in [2.45, 2.75) is 32.8 Å². The first-order valence-electron chi connectivity index (χ1n) is 4.26. The van der Waals surface area contributed by atoms with Crippen molar-refractivity contribution in [2.24, 2.45) is 0 Å². The Hall–Kier alpha value is -0.200. The molecule has 74 valence electrons. The van der Waals surface area contributed by atoms with Crippen molar-refractivity contribution in [2.75, 3.05) is 14.1 Å². The van der Waals surface area contributed by atoms with Gasteiger partial charge in [0, 0.05) is 14.1 Å². The van der Waals surface area contributed by atoms with E-state index in [-0.39, 0.29) is 6.10 Å². The van der Waals surface area contributed by atoms with Crippen LogP contribution in [0, 0.1) is 0 Å². The predicted octanol–water partition coefficient (Wildman–Crippen LogP) is 0.609. The van der Waals surface area contributed by atoms with Crippen LogP contribution in [-0.2, 0) is 9.88 Å². The van der Waals surface area contributed by atoms with Crippen molar-refractivity contribution in [3.05, 3.63) is 0 Å². The van der Waals surface area contributed by atoms with Crippen molar-refractivity contribution in [1.82, 2.24) is 16.1 Å². The van der Waals surface area contributed by atoms with Gasteiger partial charge in [-0.25, -0.2) is 15.7 Å². The average Bonchev–Trinajstić information content (AvgIpc) is 2.13. The second-order valence-corrected chi connectivity index (χ2v) is 2.35. The van der Waals surface area contributed by atoms with Crippen LogP contribution in [0.2, 0.25) is 0 Å². The molecule has 0 aliphatic carbocycles. The second kappa shape index (κ2) is 7.45. The quantitative estimate of drug-likeness (QED) is 0.440. The molecule has 12 heavy (non-hydrogen) atoms. The molecule has 0 aliphatic heterocycles. The minimum Gasteiger partial charge on any atom is -0.217 e. The summed E-state index contributed by atoms with van der Waals surface area (Å²) in [6, 6.07) is 0. The summed E-state index contributed by atoms with van der Waals surface area (Å²) in [5.41, 5.74) is 5.46. The number of hydrogen-bond acceptors (Lipinski definition) is 5. The minimum absolute atomic E-state index is 0.147. The lowest BCUT2D eigenvalue weighted by Crippen LogP contribution is -2.44. The summed E-state index contributed by atoms with van der Waals surface area (Å²) in [6.07, 6.45) is 2.03. The fourth-order valence-electron chi connectivity index (χ4n) is 0.715. The van der Waals surface area contributed by atoms with Gasteiger partial charge in [0.05, 0.1) is 6.10 Å². The maximum absolute atomic E-state index is 5.09. The molecule has 0 saturated heterocycles. The highest BCUT2D eigenvalue weighted by molar-refractivity contribution is 4.46. The van der Waals surface area contributed by atoms with Gasteiger partial charge in [-0.2, -0.15) is 0 Å². The molecule has 0 radical (unpaired) electrons. The highest BCUT2D eigenvalue weighted by atomic mass is 17.3. The van der Waals surface area contributed by atoms with Crippen LogP contribution in [0.4, 0.5) is 0 Å². The van der Waals surface area contributed by atoms with Crippen LogP contribution in [0.15, 0.2) is 0 Å². The maximum Gasteiger partial charge on any atom is 0.0946 e. The van der Waals surface area contributed by atoms with E-state index in [1.54, 1.807) is 14.1 Å². The summed E-state index contributed by atoms with van der Waals surface area (Å²) < 4.78 is 0. The van der Waals surface area contributed by atoms with Crippen LogP contribution in [0.3, 0.4) is 0 Å². The highest BCUT2D eigenvalue weighted by Gasteiger charge is 2.06. The minimum atomic E-state index is 0.147. The molecule has 0 fully saturated rings. The molecular formula is C7H19N3O2. The Morgan fingerprint density at radius 3 is 2.00 bits per heavy atom. The zero-order chi connectivity index (χ0) is 9.40. The van der Waals surface area contributed by atoms with Gasteiger partial charge in [0.2, 0.25) is 0 Å². The third-order valence-corrected chi connectivity index (χ3v) is 1.57. The molecule has 0 bridgehead atoms. The second-order valence-electron chi connectivity index (χ2n) is 2.35. The van der Waals surface area contributed by atoms with Crippen molar-refractivity contribution < 1.29 is 9.88 Å². The van der Waals surface area contributed by atoms with E-state index < -0.39 is 0 Å². The van der Waals surface area contributed by atoms with Gasteiger partial charge in [0.15, 0.2) is 0 Å². The Bertz CT molecular complexity index is 82.7. The molecular weight excluding hydrogens is 158 g/mol. The zero-order valence-electron chi connectivity index (χ0n) is 8.26. The fourth-order valence-corrected chi connectivity index (χ4v) is 0.715. The molecule has 0 aromatic heterocycles. The standard InChI is InChI=1S/C7H19N3O2/c1-5-7(6-2)11-12-10(8-3)9-4/h7-9H,5-6H2,1-4H3. The first kappa shape index (κ1) is 11.8. The predicted molar refractivity (Wildman–Crippen MR) is 46.5 cm³/mol. The Labute approximate surface area is 73.8 Å². The topological polar surface area (TPSA) is 45.8 Å². The Morgan fingerprint density at radius 2 is 1.67 bits per heavy atom. The van der Waals surface area contributed by atoms with E-state index in [1.165, 1.54) is 5.28 Å². The van der Waals surface area contributed by atoms with Crippen molar-refractivity contribution in [1.29, 1.82) is 0 Å². The maximum atomic E-state index is 5.09. The van der Waals surface area contributed by atoms with Crippen LogP contribution in [-0.4, -0.2) is 25.5 Å². The summed E-state index contributed by atoms with van der Waals surface area (Å²) in [5.74, 6) is 0. The molecule has 0 aromatic rings. The van der Waals surface area contributed by atoms with Gasteiger partial charge >= 0.3 is 0 Å². The van der Waals surface area contributed by atoms with Crippen LogP contribution in [0.25, 0.3) is 0 Å². The van der Waals surface area contributed by atoms with E-state index in [2.05, 4.69) is 24.7 Å². The molecule has 0 aliphatic rings. The van der Waals surface area contributed by atoms with Gasteiger partial charge in [-0.3, -0.25) is 0 Å². The molecule has 0 aromatic carbocycles. The SMILES string of the molecule is CCC(CC)OON(NC)NC. The number of nitrogens with one attached hydrogen (secondary N) is 2. The van der Waals surface area contributed by atoms with Crippen molar-refractivity contribution >= 4 is 0 Å². The number of nitrogens with zero attached hydrogens (tertiary/aromatic N) is 1. The normalized spacial score (nSPS) is 11.5. The largest absolute Gasteiger partial charge is 0.217 e. The van der Waals surface area contributed by atoms with E-state index in [1.807, 2.05) is 0 Å². The molecule has 2 N–H and O–H groups in total. The first-order chi connectivity index (χ1) is 5.78. The molecule has 0 amide bonds. The zero-order valence-corrected chi connectivity index (χ0v) is 8.26. The van der Waals surface area contributed by atoms with E-state index in [0.717, 1.165) is 12.8 Å². The monoisotopic (exact) mass is 177 g/mol. The van der Waals surface area contributed by atoms with Gasteiger partial charge < -0.3 is 0 Å². The number of hydrogen-bond donors (Lipinski definition) is 2. The van der Waals surface area contributed by atoms with E-state index >= 15 is 0 Å². The molecule has 0 rings (SSSR count).